The summed E-state index contributed by atoms with van der Waals surface area (Å²) in [5.41, 5.74) is 0.470. The quantitative estimate of drug-likeness (QED) is 0.744. The maximum Gasteiger partial charge on any atom is 0.0195 e. The number of hydrogen-bond acceptors (Lipinski definition) is 2. The first-order valence-electron chi connectivity index (χ1n) is 5.89. The van der Waals surface area contributed by atoms with E-state index >= 15 is 0 Å². The molecule has 84 valence electrons. The molecule has 0 bridgehead atoms. The van der Waals surface area contributed by atoms with Crippen molar-refractivity contribution in [1.82, 2.24) is 10.2 Å². The van der Waals surface area contributed by atoms with Gasteiger partial charge in [-0.15, -0.1) is 0 Å². The van der Waals surface area contributed by atoms with Crippen molar-refractivity contribution in [2.75, 3.05) is 26.7 Å². The summed E-state index contributed by atoms with van der Waals surface area (Å²) in [5.74, 6) is 0. The Morgan fingerprint density at radius 1 is 1.36 bits per heavy atom. The zero-order valence-electron chi connectivity index (χ0n) is 10.3. The predicted octanol–water partition coefficient (Wildman–Crippen LogP) is 2.11. The molecular weight excluding hydrogens is 172 g/mol. The van der Waals surface area contributed by atoms with Gasteiger partial charge in [-0.1, -0.05) is 20.8 Å². The van der Waals surface area contributed by atoms with E-state index in [-0.39, 0.29) is 0 Å². The lowest BCUT2D eigenvalue weighted by Gasteiger charge is -2.25. The fourth-order valence-electron chi connectivity index (χ4n) is 1.91. The zero-order valence-corrected chi connectivity index (χ0v) is 10.3. The molecule has 0 aromatic carbocycles. The maximum atomic E-state index is 3.54. The van der Waals surface area contributed by atoms with Crippen molar-refractivity contribution in [1.29, 1.82) is 0 Å². The average molecular weight is 198 g/mol. The van der Waals surface area contributed by atoms with Crippen LogP contribution in [-0.4, -0.2) is 37.6 Å². The van der Waals surface area contributed by atoms with Crippen LogP contribution in [0.4, 0.5) is 0 Å². The van der Waals surface area contributed by atoms with Crippen molar-refractivity contribution in [3.8, 4) is 0 Å². The molecule has 0 radical (unpaired) electrons. The minimum atomic E-state index is 0.470. The second-order valence-electron chi connectivity index (χ2n) is 5.87. The average Bonchev–Trinajstić information content (AvgIpc) is 2.52. The van der Waals surface area contributed by atoms with Crippen LogP contribution in [0, 0.1) is 5.41 Å². The van der Waals surface area contributed by atoms with Crippen LogP contribution >= 0.6 is 0 Å². The summed E-state index contributed by atoms with van der Waals surface area (Å²) >= 11 is 0. The molecule has 1 fully saturated rings. The number of hydrogen-bond donors (Lipinski definition) is 1. The summed E-state index contributed by atoms with van der Waals surface area (Å²) in [4.78, 5) is 2.47. The highest BCUT2D eigenvalue weighted by Gasteiger charge is 2.17. The maximum absolute atomic E-state index is 3.54. The molecular formula is C12H26N2. The Labute approximate surface area is 89.1 Å². The lowest BCUT2D eigenvalue weighted by atomic mass is 9.92. The first kappa shape index (κ1) is 12.0. The Hall–Kier alpha value is -0.0800. The fourth-order valence-corrected chi connectivity index (χ4v) is 1.91. The minimum absolute atomic E-state index is 0.470. The second kappa shape index (κ2) is 5.13. The van der Waals surface area contributed by atoms with Crippen molar-refractivity contribution >= 4 is 0 Å². The third-order valence-electron chi connectivity index (χ3n) is 2.94. The van der Waals surface area contributed by atoms with E-state index in [0.29, 0.717) is 5.41 Å². The molecule has 1 N–H and O–H groups in total. The molecule has 0 saturated carbocycles. The van der Waals surface area contributed by atoms with Crippen LogP contribution in [0.1, 0.15) is 40.0 Å². The molecule has 2 heteroatoms. The molecule has 1 aliphatic rings. The van der Waals surface area contributed by atoms with Gasteiger partial charge < -0.3 is 10.2 Å². The molecule has 0 aliphatic carbocycles. The lowest BCUT2D eigenvalue weighted by Crippen LogP contribution is -2.36. The molecule has 0 aromatic heterocycles. The highest BCUT2D eigenvalue weighted by Crippen LogP contribution is 2.18. The highest BCUT2D eigenvalue weighted by atomic mass is 15.1. The van der Waals surface area contributed by atoms with Crippen LogP contribution < -0.4 is 5.32 Å². The summed E-state index contributed by atoms with van der Waals surface area (Å²) in [6.07, 6.45) is 4.01. The topological polar surface area (TPSA) is 15.3 Å². The number of nitrogens with zero attached hydrogens (tertiary/aromatic N) is 1. The van der Waals surface area contributed by atoms with E-state index < -0.39 is 0 Å². The number of rotatable bonds is 4. The van der Waals surface area contributed by atoms with Crippen LogP contribution in [0.25, 0.3) is 0 Å². The molecule has 1 unspecified atom stereocenters. The molecule has 1 atom stereocenters. The summed E-state index contributed by atoms with van der Waals surface area (Å²) in [7, 11) is 2.24. The van der Waals surface area contributed by atoms with Gasteiger partial charge in [0.05, 0.1) is 0 Å². The van der Waals surface area contributed by atoms with Gasteiger partial charge in [-0.2, -0.15) is 0 Å². The van der Waals surface area contributed by atoms with E-state index in [1.54, 1.807) is 0 Å². The number of likely N-dealkylation sites (N-methyl/N-ethyl adjacent to an activating group) is 1. The van der Waals surface area contributed by atoms with Gasteiger partial charge in [0.1, 0.15) is 0 Å². The molecule has 1 heterocycles. The zero-order chi connectivity index (χ0) is 10.6. The summed E-state index contributed by atoms with van der Waals surface area (Å²) in [6, 6.07) is 0.750. The van der Waals surface area contributed by atoms with Crippen molar-refractivity contribution in [2.24, 2.45) is 5.41 Å². The summed E-state index contributed by atoms with van der Waals surface area (Å²) in [5, 5.41) is 3.54. The van der Waals surface area contributed by atoms with Gasteiger partial charge in [0.2, 0.25) is 0 Å². The third-order valence-corrected chi connectivity index (χ3v) is 2.94. The van der Waals surface area contributed by atoms with Gasteiger partial charge in [-0.3, -0.25) is 0 Å². The van der Waals surface area contributed by atoms with Gasteiger partial charge >= 0.3 is 0 Å². The van der Waals surface area contributed by atoms with E-state index in [1.807, 2.05) is 0 Å². The standard InChI is InChI=1S/C12H26N2/c1-12(2,3)7-9-14(4)10-11-6-5-8-13-11/h11,13H,5-10H2,1-4H3. The van der Waals surface area contributed by atoms with E-state index in [2.05, 4.69) is 38.0 Å². The van der Waals surface area contributed by atoms with Crippen LogP contribution in [0.5, 0.6) is 0 Å². The molecule has 2 nitrogen and oxygen atoms in total. The molecule has 14 heavy (non-hydrogen) atoms. The van der Waals surface area contributed by atoms with Crippen LogP contribution in [0.2, 0.25) is 0 Å². The Balaban J connectivity index is 2.12. The summed E-state index contributed by atoms with van der Waals surface area (Å²) < 4.78 is 0. The highest BCUT2D eigenvalue weighted by molar-refractivity contribution is 4.77. The predicted molar refractivity (Wildman–Crippen MR) is 62.6 cm³/mol. The smallest absolute Gasteiger partial charge is 0.0195 e. The normalized spacial score (nSPS) is 23.4. The Kier molecular flexibility index (Phi) is 4.39. The van der Waals surface area contributed by atoms with Gasteiger partial charge in [0.15, 0.2) is 0 Å². The Morgan fingerprint density at radius 3 is 2.57 bits per heavy atom. The Morgan fingerprint density at radius 2 is 2.07 bits per heavy atom. The second-order valence-corrected chi connectivity index (χ2v) is 5.87. The molecule has 1 saturated heterocycles. The van der Waals surface area contributed by atoms with Crippen LogP contribution in [0.3, 0.4) is 0 Å². The van der Waals surface area contributed by atoms with E-state index in [4.69, 9.17) is 0 Å². The van der Waals surface area contributed by atoms with E-state index in [9.17, 15) is 0 Å². The molecule has 1 rings (SSSR count). The summed E-state index contributed by atoms with van der Waals surface area (Å²) in [6.45, 7) is 10.6. The van der Waals surface area contributed by atoms with E-state index in [0.717, 1.165) is 6.04 Å². The van der Waals surface area contributed by atoms with Crippen LogP contribution in [0.15, 0.2) is 0 Å². The van der Waals surface area contributed by atoms with Gasteiger partial charge in [-0.25, -0.2) is 0 Å². The molecule has 0 spiro atoms. The van der Waals surface area contributed by atoms with Crippen LogP contribution in [-0.2, 0) is 0 Å². The monoisotopic (exact) mass is 198 g/mol. The van der Waals surface area contributed by atoms with E-state index in [1.165, 1.54) is 38.9 Å². The molecule has 0 amide bonds. The fraction of sp³-hybridized carbons (Fsp3) is 1.00. The van der Waals surface area contributed by atoms with Gasteiger partial charge in [-0.05, 0) is 44.8 Å². The Bertz CT molecular complexity index is 154. The van der Waals surface area contributed by atoms with Gasteiger partial charge in [0, 0.05) is 12.6 Å². The minimum Gasteiger partial charge on any atom is -0.313 e. The third kappa shape index (κ3) is 4.97. The molecule has 0 aromatic rings. The van der Waals surface area contributed by atoms with Crippen molar-refractivity contribution in [3.05, 3.63) is 0 Å². The number of nitrogens with one attached hydrogen (secondary N) is 1. The van der Waals surface area contributed by atoms with Crippen molar-refractivity contribution < 1.29 is 0 Å². The van der Waals surface area contributed by atoms with Crippen molar-refractivity contribution in [2.45, 2.75) is 46.1 Å². The first-order valence-corrected chi connectivity index (χ1v) is 5.89. The largest absolute Gasteiger partial charge is 0.313 e. The van der Waals surface area contributed by atoms with Gasteiger partial charge in [0.25, 0.3) is 0 Å². The first-order chi connectivity index (χ1) is 6.47. The molecule has 1 aliphatic heterocycles. The lowest BCUT2D eigenvalue weighted by molar-refractivity contribution is 0.248. The SMILES string of the molecule is CN(CCC(C)(C)C)CC1CCCN1. The van der Waals surface area contributed by atoms with Crippen molar-refractivity contribution in [3.63, 3.8) is 0 Å².